The Labute approximate surface area is 291 Å². The van der Waals surface area contributed by atoms with Gasteiger partial charge in [0, 0.05) is 28.7 Å². The van der Waals surface area contributed by atoms with Crippen molar-refractivity contribution in [3.8, 4) is 17.1 Å². The van der Waals surface area contributed by atoms with Crippen LogP contribution in [-0.4, -0.2) is 46.8 Å². The van der Waals surface area contributed by atoms with E-state index >= 15 is 0 Å². The van der Waals surface area contributed by atoms with Crippen molar-refractivity contribution in [2.24, 2.45) is 11.3 Å². The van der Waals surface area contributed by atoms with Gasteiger partial charge in [0.25, 0.3) is 15.9 Å². The lowest BCUT2D eigenvalue weighted by atomic mass is 9.43. The molecule has 4 saturated carbocycles. The van der Waals surface area contributed by atoms with Crippen LogP contribution in [0.2, 0.25) is 0 Å². The van der Waals surface area contributed by atoms with Crippen LogP contribution in [0.5, 0.6) is 5.88 Å². The Balaban J connectivity index is 1.15. The number of carbonyl (C=O) groups is 1. The number of nitrogens with one attached hydrogen (secondary N) is 1. The molecule has 0 spiro atoms. The highest BCUT2D eigenvalue weighted by Crippen LogP contribution is 2.67. The zero-order valence-corrected chi connectivity index (χ0v) is 29.2. The Hall–Kier alpha value is -4.77. The summed E-state index contributed by atoms with van der Waals surface area (Å²) in [6.07, 6.45) is 6.41. The van der Waals surface area contributed by atoms with Crippen LogP contribution in [-0.2, 0) is 22.0 Å². The number of fused-ring (bicyclic) bond motifs is 5. The summed E-state index contributed by atoms with van der Waals surface area (Å²) in [5.74, 6) is 1.56. The van der Waals surface area contributed by atoms with Crippen LogP contribution in [0.15, 0.2) is 76.0 Å². The minimum Gasteiger partial charge on any atom is -0.475 e. The van der Waals surface area contributed by atoms with E-state index in [1.807, 2.05) is 55.1 Å². The molecular formula is C39H39N5O5S. The smallest absolute Gasteiger partial charge is 0.264 e. The number of ether oxygens (including phenoxy) is 1. The van der Waals surface area contributed by atoms with Gasteiger partial charge in [-0.05, 0) is 105 Å². The number of amides is 1. The van der Waals surface area contributed by atoms with E-state index in [1.54, 1.807) is 18.2 Å². The second kappa shape index (κ2) is 11.1. The molecule has 1 atom stereocenters. The van der Waals surface area contributed by atoms with E-state index < -0.39 is 10.0 Å². The predicted molar refractivity (Wildman–Crippen MR) is 188 cm³/mol. The fraction of sp³-hybridized carbons (Fsp3) is 0.385. The Kier molecular flexibility index (Phi) is 6.94. The molecule has 0 saturated heterocycles. The monoisotopic (exact) mass is 689 g/mol. The minimum absolute atomic E-state index is 0.0545. The van der Waals surface area contributed by atoms with Gasteiger partial charge in [-0.15, -0.1) is 0 Å². The number of carbonyl (C=O) groups excluding carboxylic acids is 1. The normalized spacial score (nSPS) is 24.5. The van der Waals surface area contributed by atoms with E-state index in [0.717, 1.165) is 83.7 Å². The minimum atomic E-state index is -4.16. The summed E-state index contributed by atoms with van der Waals surface area (Å²) in [5.41, 5.74) is 6.15. The molecule has 0 radical (unpaired) electrons. The predicted octanol–water partition coefficient (Wildman–Crippen LogP) is 7.35. The maximum absolute atomic E-state index is 14.6. The summed E-state index contributed by atoms with van der Waals surface area (Å²) in [4.78, 5) is 30.5. The maximum atomic E-state index is 14.6. The molecule has 4 aliphatic carbocycles. The van der Waals surface area contributed by atoms with Crippen LogP contribution < -0.4 is 9.46 Å². The van der Waals surface area contributed by atoms with Crippen molar-refractivity contribution in [2.75, 3.05) is 11.3 Å². The summed E-state index contributed by atoms with van der Waals surface area (Å²) in [7, 11) is -4.16. The average molecular weight is 690 g/mol. The van der Waals surface area contributed by atoms with Gasteiger partial charge in [0.1, 0.15) is 17.9 Å². The first-order chi connectivity index (χ1) is 24.0. The SMILES string of the molecule is Cc1cccc(C)c1-c1cc2nc(n1)NS(=O)(=O)c1cccc(c1)C(=O)N(Cc1ccc3oc(C4(C)CC4)cc3n1)[C@H](CC13CC(C1)C3)CO2. The van der Waals surface area contributed by atoms with Gasteiger partial charge < -0.3 is 14.1 Å². The topological polar surface area (TPSA) is 128 Å². The third-order valence-corrected chi connectivity index (χ3v) is 12.7. The third kappa shape index (κ3) is 5.42. The van der Waals surface area contributed by atoms with E-state index in [0.29, 0.717) is 5.69 Å². The lowest BCUT2D eigenvalue weighted by Crippen LogP contribution is -2.56. The second-order valence-electron chi connectivity index (χ2n) is 15.3. The van der Waals surface area contributed by atoms with Crippen molar-refractivity contribution < 1.29 is 22.4 Å². The van der Waals surface area contributed by atoms with Gasteiger partial charge in [-0.25, -0.2) is 23.1 Å². The number of pyridine rings is 1. The van der Waals surface area contributed by atoms with Gasteiger partial charge in [-0.1, -0.05) is 31.2 Å². The number of anilines is 1. The van der Waals surface area contributed by atoms with Gasteiger partial charge in [-0.2, -0.15) is 4.98 Å². The van der Waals surface area contributed by atoms with Crippen molar-refractivity contribution in [1.82, 2.24) is 19.9 Å². The number of rotatable bonds is 6. The molecule has 1 aliphatic heterocycles. The number of hydrogen-bond donors (Lipinski definition) is 1. The Morgan fingerprint density at radius 2 is 1.70 bits per heavy atom. The molecule has 6 bridgehead atoms. The molecule has 4 heterocycles. The van der Waals surface area contributed by atoms with Crippen molar-refractivity contribution in [2.45, 2.75) is 82.2 Å². The number of furan rings is 1. The standard InChI is InChI=1S/C39H39N5O5S/c1-23-6-4-7-24(2)35(23)31-16-34-42-37(41-31)43-50(46,47)29-9-5-8-26(14-29)36(45)44(28(22-48-34)20-39-17-25(18-39)19-39)21-27-10-11-32-30(40-27)15-33(49-32)38(3)12-13-38/h4-11,14-16,25,28H,12-13,17-22H2,1-3H3,(H,41,42,43)/t25?,28-,39?/m1/s1. The van der Waals surface area contributed by atoms with Gasteiger partial charge in [0.15, 0.2) is 5.58 Å². The van der Waals surface area contributed by atoms with Crippen LogP contribution in [0, 0.1) is 25.2 Å². The van der Waals surface area contributed by atoms with Crippen LogP contribution in [0.4, 0.5) is 5.95 Å². The van der Waals surface area contributed by atoms with Crippen LogP contribution >= 0.6 is 0 Å². The molecule has 11 heteroatoms. The fourth-order valence-electron chi connectivity index (χ4n) is 8.21. The molecule has 256 valence electrons. The third-order valence-electron chi connectivity index (χ3n) is 11.4. The molecule has 5 aliphatic rings. The summed E-state index contributed by atoms with van der Waals surface area (Å²) < 4.78 is 42.7. The van der Waals surface area contributed by atoms with Crippen molar-refractivity contribution >= 4 is 33.0 Å². The van der Waals surface area contributed by atoms with Crippen LogP contribution in [0.25, 0.3) is 22.4 Å². The molecule has 0 unspecified atom stereocenters. The highest BCUT2D eigenvalue weighted by atomic mass is 32.2. The van der Waals surface area contributed by atoms with Crippen LogP contribution in [0.3, 0.4) is 0 Å². The fourth-order valence-corrected chi connectivity index (χ4v) is 9.20. The van der Waals surface area contributed by atoms with Gasteiger partial charge in [-0.3, -0.25) is 4.79 Å². The second-order valence-corrected chi connectivity index (χ2v) is 16.9. The molecule has 1 N–H and O–H groups in total. The van der Waals surface area contributed by atoms with E-state index in [2.05, 4.69) is 21.6 Å². The van der Waals surface area contributed by atoms with E-state index in [9.17, 15) is 13.2 Å². The zero-order valence-electron chi connectivity index (χ0n) is 28.4. The van der Waals surface area contributed by atoms with E-state index in [-0.39, 0.29) is 58.2 Å². The molecule has 4 fully saturated rings. The number of benzene rings is 2. The first-order valence-corrected chi connectivity index (χ1v) is 18.9. The zero-order chi connectivity index (χ0) is 34.4. The molecule has 50 heavy (non-hydrogen) atoms. The Bertz CT molecular complexity index is 2280. The molecular weight excluding hydrogens is 651 g/mol. The molecule has 5 aromatic rings. The maximum Gasteiger partial charge on any atom is 0.264 e. The number of aryl methyl sites for hydroxylation is 2. The number of nitrogens with zero attached hydrogens (tertiary/aromatic N) is 4. The van der Waals surface area contributed by atoms with E-state index in [1.165, 1.54) is 12.1 Å². The molecule has 1 amide bonds. The molecule has 10 rings (SSSR count). The average Bonchev–Trinajstić information content (AvgIpc) is 3.65. The molecule has 10 nitrogen and oxygen atoms in total. The summed E-state index contributed by atoms with van der Waals surface area (Å²) in [6, 6.07) is 19.4. The number of hydrogen-bond acceptors (Lipinski definition) is 8. The molecule has 2 aromatic carbocycles. The van der Waals surface area contributed by atoms with Crippen molar-refractivity contribution in [3.05, 3.63) is 94.9 Å². The highest BCUT2D eigenvalue weighted by Gasteiger charge is 2.57. The lowest BCUT2D eigenvalue weighted by molar-refractivity contribution is -0.126. The Morgan fingerprint density at radius 1 is 0.940 bits per heavy atom. The highest BCUT2D eigenvalue weighted by molar-refractivity contribution is 7.92. The number of sulfonamides is 1. The van der Waals surface area contributed by atoms with Gasteiger partial charge in [0.2, 0.25) is 11.8 Å². The summed E-state index contributed by atoms with van der Waals surface area (Å²) in [6.45, 7) is 6.58. The summed E-state index contributed by atoms with van der Waals surface area (Å²) >= 11 is 0. The number of aromatic nitrogens is 3. The van der Waals surface area contributed by atoms with Crippen molar-refractivity contribution in [3.63, 3.8) is 0 Å². The first-order valence-electron chi connectivity index (χ1n) is 17.4. The van der Waals surface area contributed by atoms with Gasteiger partial charge in [0.05, 0.1) is 28.9 Å². The lowest BCUT2D eigenvalue weighted by Gasteiger charge is -2.63. The quantitative estimate of drug-likeness (QED) is 0.196. The molecule has 3 aromatic heterocycles. The van der Waals surface area contributed by atoms with Crippen molar-refractivity contribution in [1.29, 1.82) is 0 Å². The Morgan fingerprint density at radius 3 is 2.42 bits per heavy atom. The largest absolute Gasteiger partial charge is 0.475 e. The van der Waals surface area contributed by atoms with Gasteiger partial charge >= 0.3 is 0 Å². The summed E-state index contributed by atoms with van der Waals surface area (Å²) in [5, 5.41) is 0. The van der Waals surface area contributed by atoms with Crippen LogP contribution in [0.1, 0.15) is 78.4 Å². The first kappa shape index (κ1) is 31.2. The van der Waals surface area contributed by atoms with E-state index in [4.69, 9.17) is 14.1 Å².